The smallest absolute Gasteiger partial charge is 0.312 e. The Morgan fingerprint density at radius 1 is 1.17 bits per heavy atom. The molecule has 0 saturated carbocycles. The summed E-state index contributed by atoms with van der Waals surface area (Å²) in [6, 6.07) is 4.14. The van der Waals surface area contributed by atoms with E-state index >= 15 is 0 Å². The molecule has 5 N–H and O–H groups in total. The predicted octanol–water partition coefficient (Wildman–Crippen LogP) is 0.509. The maximum atomic E-state index is 13.4. The van der Waals surface area contributed by atoms with Crippen LogP contribution >= 0.6 is 0 Å². The largest absolute Gasteiger partial charge is 0.353 e. The van der Waals surface area contributed by atoms with Gasteiger partial charge < -0.3 is 21.7 Å². The van der Waals surface area contributed by atoms with Gasteiger partial charge in [0.05, 0.1) is 5.56 Å². The van der Waals surface area contributed by atoms with E-state index < -0.39 is 23.8 Å². The van der Waals surface area contributed by atoms with Crippen molar-refractivity contribution in [1.82, 2.24) is 16.0 Å². The number of carbonyl (C=O) groups excluding carboxylic acids is 3. The highest BCUT2D eigenvalue weighted by Crippen LogP contribution is 2.05. The van der Waals surface area contributed by atoms with E-state index in [1.54, 1.807) is 6.07 Å². The molecule has 7 nitrogen and oxygen atoms in total. The van der Waals surface area contributed by atoms with E-state index in [4.69, 9.17) is 5.73 Å². The summed E-state index contributed by atoms with van der Waals surface area (Å²) in [5.41, 5.74) is 4.95. The molecule has 0 unspecified atom stereocenters. The molecule has 0 aromatic heterocycles. The van der Waals surface area contributed by atoms with Crippen molar-refractivity contribution in [3.05, 3.63) is 35.6 Å². The van der Waals surface area contributed by atoms with Crippen LogP contribution in [-0.4, -0.2) is 37.0 Å². The van der Waals surface area contributed by atoms with Gasteiger partial charge in [0.25, 0.3) is 5.91 Å². The Hall–Kier alpha value is -2.64. The van der Waals surface area contributed by atoms with E-state index in [0.29, 0.717) is 12.8 Å². The molecule has 126 valence electrons. The topological polar surface area (TPSA) is 113 Å². The van der Waals surface area contributed by atoms with Crippen LogP contribution in [0.5, 0.6) is 0 Å². The molecule has 1 aromatic rings. The molecule has 0 bridgehead atoms. The van der Waals surface area contributed by atoms with Gasteiger partial charge in [0.2, 0.25) is 5.91 Å². The Kier molecular flexibility index (Phi) is 7.52. The van der Waals surface area contributed by atoms with E-state index in [9.17, 15) is 18.8 Å². The minimum atomic E-state index is -0.772. The van der Waals surface area contributed by atoms with Gasteiger partial charge in [-0.05, 0) is 18.6 Å². The van der Waals surface area contributed by atoms with Crippen LogP contribution < -0.4 is 21.7 Å². The molecule has 0 heterocycles. The van der Waals surface area contributed by atoms with E-state index in [-0.39, 0.29) is 24.6 Å². The van der Waals surface area contributed by atoms with E-state index in [2.05, 4.69) is 16.0 Å². The highest BCUT2D eigenvalue weighted by molar-refractivity contribution is 5.94. The number of hydrogen-bond acceptors (Lipinski definition) is 3. The molecule has 1 atom stereocenters. The second-order valence-electron chi connectivity index (χ2n) is 4.88. The van der Waals surface area contributed by atoms with E-state index in [0.717, 1.165) is 0 Å². The average Bonchev–Trinajstić information content (AvgIpc) is 2.50. The third-order valence-corrected chi connectivity index (χ3v) is 3.04. The normalized spacial score (nSPS) is 11.4. The second kappa shape index (κ2) is 9.39. The fraction of sp³-hybridized carbons (Fsp3) is 0.400. The van der Waals surface area contributed by atoms with Gasteiger partial charge in [-0.1, -0.05) is 25.5 Å². The van der Waals surface area contributed by atoms with Crippen LogP contribution in [0.15, 0.2) is 24.3 Å². The fourth-order valence-electron chi connectivity index (χ4n) is 1.95. The van der Waals surface area contributed by atoms with Crippen LogP contribution in [0, 0.1) is 5.82 Å². The standard InChI is InChI=1S/C15H21FN4O3/c1-2-5-12(20-15(17)23)14(22)19-9-8-18-13(21)10-6-3-4-7-11(10)16/h3-4,6-7,12H,2,5,8-9H2,1H3,(H,18,21)(H,19,22)(H3,17,20,23)/t12-/m1/s1. The van der Waals surface area contributed by atoms with Crippen molar-refractivity contribution >= 4 is 17.8 Å². The van der Waals surface area contributed by atoms with Crippen molar-refractivity contribution in [3.63, 3.8) is 0 Å². The lowest BCUT2D eigenvalue weighted by Gasteiger charge is -2.16. The SMILES string of the molecule is CCC[C@@H](NC(N)=O)C(=O)NCCNC(=O)c1ccccc1F. The van der Waals surface area contributed by atoms with Crippen molar-refractivity contribution in [3.8, 4) is 0 Å². The Bertz CT molecular complexity index is 565. The Morgan fingerprint density at radius 2 is 1.83 bits per heavy atom. The molecule has 0 radical (unpaired) electrons. The zero-order valence-corrected chi connectivity index (χ0v) is 12.9. The van der Waals surface area contributed by atoms with Crippen LogP contribution in [0.2, 0.25) is 0 Å². The molecule has 0 aliphatic heterocycles. The van der Waals surface area contributed by atoms with Crippen molar-refractivity contribution in [2.75, 3.05) is 13.1 Å². The molecule has 0 aliphatic carbocycles. The summed E-state index contributed by atoms with van der Waals surface area (Å²) in [7, 11) is 0. The van der Waals surface area contributed by atoms with Crippen LogP contribution in [0.3, 0.4) is 0 Å². The molecule has 1 aromatic carbocycles. The highest BCUT2D eigenvalue weighted by atomic mass is 19.1. The summed E-state index contributed by atoms with van der Waals surface area (Å²) in [4.78, 5) is 34.5. The lowest BCUT2D eigenvalue weighted by Crippen LogP contribution is -2.49. The van der Waals surface area contributed by atoms with Crippen LogP contribution in [0.4, 0.5) is 9.18 Å². The molecule has 8 heteroatoms. The summed E-state index contributed by atoms with van der Waals surface area (Å²) in [5.74, 6) is -1.55. The minimum absolute atomic E-state index is 0.0573. The molecular weight excluding hydrogens is 303 g/mol. The van der Waals surface area contributed by atoms with Crippen LogP contribution in [-0.2, 0) is 4.79 Å². The number of nitrogens with one attached hydrogen (secondary N) is 3. The maximum absolute atomic E-state index is 13.4. The molecule has 23 heavy (non-hydrogen) atoms. The third-order valence-electron chi connectivity index (χ3n) is 3.04. The number of hydrogen-bond donors (Lipinski definition) is 4. The Labute approximate surface area is 133 Å². The van der Waals surface area contributed by atoms with Gasteiger partial charge >= 0.3 is 6.03 Å². The van der Waals surface area contributed by atoms with E-state index in [1.807, 2.05) is 6.92 Å². The first-order valence-corrected chi connectivity index (χ1v) is 7.32. The van der Waals surface area contributed by atoms with Gasteiger partial charge in [-0.25, -0.2) is 9.18 Å². The quantitative estimate of drug-likeness (QED) is 0.522. The van der Waals surface area contributed by atoms with Gasteiger partial charge in [-0.2, -0.15) is 0 Å². The number of urea groups is 1. The molecule has 1 rings (SSSR count). The molecule has 0 spiro atoms. The average molecular weight is 324 g/mol. The first-order valence-electron chi connectivity index (χ1n) is 7.32. The van der Waals surface area contributed by atoms with Crippen molar-refractivity contribution < 1.29 is 18.8 Å². The predicted molar refractivity (Wildman–Crippen MR) is 83.2 cm³/mol. The Morgan fingerprint density at radius 3 is 2.43 bits per heavy atom. The van der Waals surface area contributed by atoms with Crippen molar-refractivity contribution in [2.24, 2.45) is 5.73 Å². The summed E-state index contributed by atoms with van der Waals surface area (Å²) in [6.45, 7) is 2.16. The monoisotopic (exact) mass is 324 g/mol. The van der Waals surface area contributed by atoms with Crippen LogP contribution in [0.25, 0.3) is 0 Å². The fourth-order valence-corrected chi connectivity index (χ4v) is 1.95. The first kappa shape index (κ1) is 18.4. The molecule has 0 fully saturated rings. The summed E-state index contributed by atoms with van der Waals surface area (Å²) < 4.78 is 13.4. The number of primary amides is 1. The number of nitrogens with two attached hydrogens (primary N) is 1. The number of benzene rings is 1. The molecule has 0 aliphatic rings. The van der Waals surface area contributed by atoms with Crippen molar-refractivity contribution in [1.29, 1.82) is 0 Å². The number of carbonyl (C=O) groups is 3. The number of amides is 4. The lowest BCUT2D eigenvalue weighted by molar-refractivity contribution is -0.123. The second-order valence-corrected chi connectivity index (χ2v) is 4.88. The van der Waals surface area contributed by atoms with Crippen LogP contribution in [0.1, 0.15) is 30.1 Å². The van der Waals surface area contributed by atoms with Gasteiger partial charge in [0, 0.05) is 13.1 Å². The van der Waals surface area contributed by atoms with Gasteiger partial charge in [-0.3, -0.25) is 9.59 Å². The number of rotatable bonds is 8. The molecule has 4 amide bonds. The van der Waals surface area contributed by atoms with E-state index in [1.165, 1.54) is 18.2 Å². The lowest BCUT2D eigenvalue weighted by atomic mass is 10.1. The first-order chi connectivity index (χ1) is 11.0. The maximum Gasteiger partial charge on any atom is 0.312 e. The molecule has 0 saturated heterocycles. The Balaban J connectivity index is 2.38. The van der Waals surface area contributed by atoms with Gasteiger partial charge in [0.15, 0.2) is 0 Å². The summed E-state index contributed by atoms with van der Waals surface area (Å²) >= 11 is 0. The summed E-state index contributed by atoms with van der Waals surface area (Å²) in [6.07, 6.45) is 1.15. The number of halogens is 1. The van der Waals surface area contributed by atoms with Gasteiger partial charge in [0.1, 0.15) is 11.9 Å². The zero-order chi connectivity index (χ0) is 17.2. The van der Waals surface area contributed by atoms with Gasteiger partial charge in [-0.15, -0.1) is 0 Å². The minimum Gasteiger partial charge on any atom is -0.353 e. The highest BCUT2D eigenvalue weighted by Gasteiger charge is 2.18. The summed E-state index contributed by atoms with van der Waals surface area (Å²) in [5, 5.41) is 7.43. The third kappa shape index (κ3) is 6.33. The zero-order valence-electron chi connectivity index (χ0n) is 12.9. The molecular formula is C15H21FN4O3. The van der Waals surface area contributed by atoms with Crippen molar-refractivity contribution in [2.45, 2.75) is 25.8 Å².